The first-order valence-corrected chi connectivity index (χ1v) is 7.79. The van der Waals surface area contributed by atoms with Crippen LogP contribution in [0.2, 0.25) is 0 Å². The van der Waals surface area contributed by atoms with Crippen LogP contribution in [0.1, 0.15) is 46.2 Å². The zero-order valence-electron chi connectivity index (χ0n) is 13.4. The van der Waals surface area contributed by atoms with Gasteiger partial charge in [0.25, 0.3) is 0 Å². The lowest BCUT2D eigenvalue weighted by Crippen LogP contribution is -2.18. The topological polar surface area (TPSA) is 17.0 Å². The third-order valence-corrected chi connectivity index (χ3v) is 3.71. The summed E-state index contributed by atoms with van der Waals surface area (Å²) in [5, 5.41) is 4.89. The van der Waals surface area contributed by atoms with Crippen molar-refractivity contribution in [3.8, 4) is 0 Å². The average molecular weight is 272 g/mol. The third-order valence-electron chi connectivity index (χ3n) is 3.71. The fourth-order valence-electron chi connectivity index (χ4n) is 2.52. The van der Waals surface area contributed by atoms with Crippen LogP contribution in [0.25, 0.3) is 10.9 Å². The first kappa shape index (κ1) is 15.1. The molecule has 110 valence electrons. The van der Waals surface area contributed by atoms with E-state index in [1.165, 1.54) is 29.4 Å². The van der Waals surface area contributed by atoms with Crippen LogP contribution in [0.3, 0.4) is 0 Å². The second-order valence-corrected chi connectivity index (χ2v) is 6.83. The van der Waals surface area contributed by atoms with E-state index in [9.17, 15) is 0 Å². The number of hydrogen-bond donors (Lipinski definition) is 1. The minimum absolute atomic E-state index is 0.374. The van der Waals surface area contributed by atoms with Crippen molar-refractivity contribution in [1.29, 1.82) is 0 Å². The van der Waals surface area contributed by atoms with Gasteiger partial charge in [0.15, 0.2) is 0 Å². The summed E-state index contributed by atoms with van der Waals surface area (Å²) in [6.45, 7) is 12.3. The first-order chi connectivity index (χ1) is 9.51. The number of fused-ring (bicyclic) bond motifs is 1. The smallest absolute Gasteiger partial charge is 0.0482 e. The van der Waals surface area contributed by atoms with Crippen molar-refractivity contribution >= 4 is 10.9 Å². The van der Waals surface area contributed by atoms with Crippen LogP contribution < -0.4 is 5.32 Å². The number of benzene rings is 1. The molecular formula is C18H28N2. The van der Waals surface area contributed by atoms with Crippen LogP contribution >= 0.6 is 0 Å². The molecule has 1 N–H and O–H groups in total. The second kappa shape index (κ2) is 6.45. The summed E-state index contributed by atoms with van der Waals surface area (Å²) in [5.41, 5.74) is 3.15. The lowest BCUT2D eigenvalue weighted by atomic mass is 9.92. The Balaban J connectivity index is 2.24. The Morgan fingerprint density at radius 1 is 1.15 bits per heavy atom. The van der Waals surface area contributed by atoms with Gasteiger partial charge in [-0.15, -0.1) is 0 Å². The highest BCUT2D eigenvalue weighted by Gasteiger charge is 2.13. The molecule has 2 aromatic rings. The van der Waals surface area contributed by atoms with Crippen LogP contribution in [-0.4, -0.2) is 11.1 Å². The first-order valence-electron chi connectivity index (χ1n) is 7.79. The molecule has 0 saturated carbocycles. The molecule has 0 saturated heterocycles. The second-order valence-electron chi connectivity index (χ2n) is 6.83. The largest absolute Gasteiger partial charge is 0.343 e. The fourth-order valence-corrected chi connectivity index (χ4v) is 2.52. The fraction of sp³-hybridized carbons (Fsp3) is 0.556. The van der Waals surface area contributed by atoms with E-state index < -0.39 is 0 Å². The van der Waals surface area contributed by atoms with Crippen LogP contribution in [-0.2, 0) is 13.1 Å². The van der Waals surface area contributed by atoms with Gasteiger partial charge >= 0.3 is 0 Å². The molecule has 20 heavy (non-hydrogen) atoms. The summed E-state index contributed by atoms with van der Waals surface area (Å²) in [6, 6.07) is 11.0. The molecule has 2 rings (SSSR count). The van der Waals surface area contributed by atoms with E-state index in [0.29, 0.717) is 5.41 Å². The van der Waals surface area contributed by atoms with Crippen molar-refractivity contribution in [3.63, 3.8) is 0 Å². The Kier molecular flexibility index (Phi) is 4.87. The average Bonchev–Trinajstić information content (AvgIpc) is 2.73. The van der Waals surface area contributed by atoms with E-state index >= 15 is 0 Å². The maximum absolute atomic E-state index is 3.53. The van der Waals surface area contributed by atoms with E-state index in [1.807, 2.05) is 0 Å². The van der Waals surface area contributed by atoms with Gasteiger partial charge in [0.2, 0.25) is 0 Å². The number of rotatable bonds is 6. The molecule has 1 aromatic carbocycles. The molecule has 0 atom stereocenters. The molecular weight excluding hydrogens is 244 g/mol. The molecule has 0 bridgehead atoms. The van der Waals surface area contributed by atoms with Crippen molar-refractivity contribution < 1.29 is 0 Å². The third kappa shape index (κ3) is 3.86. The van der Waals surface area contributed by atoms with Gasteiger partial charge in [0.1, 0.15) is 0 Å². The highest BCUT2D eigenvalue weighted by atomic mass is 15.0. The summed E-state index contributed by atoms with van der Waals surface area (Å²) in [6.07, 6.45) is 2.38. The van der Waals surface area contributed by atoms with E-state index in [1.54, 1.807) is 0 Å². The SMILES string of the molecule is CCCNCc1cc2ccccc2n1CCC(C)(C)C. The van der Waals surface area contributed by atoms with Crippen molar-refractivity contribution in [2.24, 2.45) is 5.41 Å². The number of hydrogen-bond acceptors (Lipinski definition) is 1. The highest BCUT2D eigenvalue weighted by Crippen LogP contribution is 2.24. The standard InChI is InChI=1S/C18H28N2/c1-5-11-19-14-16-13-15-8-6-7-9-17(15)20(16)12-10-18(2,3)4/h6-9,13,19H,5,10-12,14H2,1-4H3. The summed E-state index contributed by atoms with van der Waals surface area (Å²) in [7, 11) is 0. The zero-order valence-corrected chi connectivity index (χ0v) is 13.4. The van der Waals surface area contributed by atoms with Crippen molar-refractivity contribution in [1.82, 2.24) is 9.88 Å². The number of aryl methyl sites for hydroxylation is 1. The Hall–Kier alpha value is -1.28. The quantitative estimate of drug-likeness (QED) is 0.762. The molecule has 0 amide bonds. The summed E-state index contributed by atoms with van der Waals surface area (Å²) >= 11 is 0. The number of nitrogens with zero attached hydrogens (tertiary/aromatic N) is 1. The van der Waals surface area contributed by atoms with Gasteiger partial charge in [-0.25, -0.2) is 0 Å². The molecule has 0 fully saturated rings. The molecule has 0 aliphatic carbocycles. The molecule has 0 aliphatic rings. The van der Waals surface area contributed by atoms with Gasteiger partial charge in [0.05, 0.1) is 0 Å². The molecule has 1 heterocycles. The molecule has 0 radical (unpaired) electrons. The number of aromatic nitrogens is 1. The lowest BCUT2D eigenvalue weighted by Gasteiger charge is -2.20. The Labute approximate surface area is 123 Å². The van der Waals surface area contributed by atoms with Gasteiger partial charge in [-0.05, 0) is 42.3 Å². The van der Waals surface area contributed by atoms with Gasteiger partial charge in [-0.2, -0.15) is 0 Å². The van der Waals surface area contributed by atoms with E-state index in [2.05, 4.69) is 67.9 Å². The molecule has 2 nitrogen and oxygen atoms in total. The van der Waals surface area contributed by atoms with E-state index in [-0.39, 0.29) is 0 Å². The summed E-state index contributed by atoms with van der Waals surface area (Å²) in [5.74, 6) is 0. The highest BCUT2D eigenvalue weighted by molar-refractivity contribution is 5.81. The van der Waals surface area contributed by atoms with Gasteiger partial charge in [0, 0.05) is 24.3 Å². The summed E-state index contributed by atoms with van der Waals surface area (Å²) < 4.78 is 2.49. The van der Waals surface area contributed by atoms with Crippen LogP contribution in [0, 0.1) is 5.41 Å². The lowest BCUT2D eigenvalue weighted by molar-refractivity contribution is 0.350. The van der Waals surface area contributed by atoms with Gasteiger partial charge in [-0.1, -0.05) is 45.9 Å². The molecule has 0 aliphatic heterocycles. The minimum Gasteiger partial charge on any atom is -0.343 e. The van der Waals surface area contributed by atoms with Gasteiger partial charge in [-0.3, -0.25) is 0 Å². The van der Waals surface area contributed by atoms with Crippen LogP contribution in [0.5, 0.6) is 0 Å². The van der Waals surface area contributed by atoms with Crippen LogP contribution in [0.15, 0.2) is 30.3 Å². The van der Waals surface area contributed by atoms with Crippen LogP contribution in [0.4, 0.5) is 0 Å². The molecule has 1 aromatic heterocycles. The Morgan fingerprint density at radius 2 is 1.90 bits per heavy atom. The van der Waals surface area contributed by atoms with E-state index in [4.69, 9.17) is 0 Å². The van der Waals surface area contributed by atoms with Crippen molar-refractivity contribution in [2.75, 3.05) is 6.54 Å². The monoisotopic (exact) mass is 272 g/mol. The predicted molar refractivity (Wildman–Crippen MR) is 88.0 cm³/mol. The Bertz CT molecular complexity index is 546. The summed E-state index contributed by atoms with van der Waals surface area (Å²) in [4.78, 5) is 0. The van der Waals surface area contributed by atoms with Crippen molar-refractivity contribution in [3.05, 3.63) is 36.0 Å². The van der Waals surface area contributed by atoms with E-state index in [0.717, 1.165) is 19.6 Å². The van der Waals surface area contributed by atoms with Gasteiger partial charge < -0.3 is 9.88 Å². The zero-order chi connectivity index (χ0) is 14.6. The minimum atomic E-state index is 0.374. The number of nitrogens with one attached hydrogen (secondary N) is 1. The van der Waals surface area contributed by atoms with Crippen molar-refractivity contribution in [2.45, 2.75) is 53.6 Å². The number of para-hydroxylation sites is 1. The normalized spacial score (nSPS) is 12.2. The molecule has 2 heteroatoms. The molecule has 0 unspecified atom stereocenters. The maximum atomic E-state index is 3.53. The molecule has 0 spiro atoms. The predicted octanol–water partition coefficient (Wildman–Crippen LogP) is 4.58. The maximum Gasteiger partial charge on any atom is 0.0482 e. The Morgan fingerprint density at radius 3 is 2.60 bits per heavy atom.